The van der Waals surface area contributed by atoms with Crippen LogP contribution >= 0.6 is 0 Å². The first kappa shape index (κ1) is 17.1. The molecule has 2 aromatic rings. The third-order valence-corrected chi connectivity index (χ3v) is 7.14. The largest absolute Gasteiger partial charge is 0.454 e. The molecule has 0 saturated carbocycles. The number of piperidine rings is 3. The van der Waals surface area contributed by atoms with Gasteiger partial charge >= 0.3 is 0 Å². The van der Waals surface area contributed by atoms with Crippen molar-refractivity contribution in [1.82, 2.24) is 9.88 Å². The molecule has 5 aliphatic heterocycles. The van der Waals surface area contributed by atoms with Crippen LogP contribution in [-0.2, 0) is 0 Å². The molecular formula is C22H24N4O3. The number of fused-ring (bicyclic) bond motifs is 3. The van der Waals surface area contributed by atoms with Crippen molar-refractivity contribution in [3.63, 3.8) is 0 Å². The van der Waals surface area contributed by atoms with E-state index >= 15 is 0 Å². The molecule has 4 saturated heterocycles. The first-order valence-corrected chi connectivity index (χ1v) is 10.4. The van der Waals surface area contributed by atoms with Crippen molar-refractivity contribution in [1.29, 1.82) is 0 Å². The highest BCUT2D eigenvalue weighted by Crippen LogP contribution is 2.49. The smallest absolute Gasteiger partial charge is 0.252 e. The minimum atomic E-state index is -0.419. The number of nitrogens with two attached hydrogens (primary N) is 1. The molecule has 7 rings (SSSR count). The molecule has 2 bridgehead atoms. The van der Waals surface area contributed by atoms with Crippen LogP contribution in [0.1, 0.15) is 34.7 Å². The molecule has 0 spiro atoms. The van der Waals surface area contributed by atoms with E-state index in [1.165, 1.54) is 18.4 Å². The molecule has 0 unspecified atom stereocenters. The molecule has 2 N–H and O–H groups in total. The highest BCUT2D eigenvalue weighted by atomic mass is 16.7. The Morgan fingerprint density at radius 3 is 2.76 bits per heavy atom. The maximum atomic E-state index is 12.1. The van der Waals surface area contributed by atoms with Crippen LogP contribution in [0, 0.1) is 5.92 Å². The molecule has 6 heterocycles. The van der Waals surface area contributed by atoms with E-state index in [4.69, 9.17) is 15.2 Å². The van der Waals surface area contributed by atoms with E-state index in [0.29, 0.717) is 29.5 Å². The van der Waals surface area contributed by atoms with Crippen LogP contribution in [0.15, 0.2) is 36.5 Å². The van der Waals surface area contributed by atoms with Crippen LogP contribution in [0.4, 0.5) is 5.82 Å². The lowest BCUT2D eigenvalue weighted by atomic mass is 9.75. The van der Waals surface area contributed by atoms with Gasteiger partial charge in [-0.15, -0.1) is 0 Å². The van der Waals surface area contributed by atoms with Crippen LogP contribution < -0.4 is 20.1 Å². The number of ether oxygens (including phenoxy) is 2. The predicted octanol–water partition coefficient (Wildman–Crippen LogP) is 1.98. The summed E-state index contributed by atoms with van der Waals surface area (Å²) in [5, 5.41) is 0. The molecule has 4 fully saturated rings. The Morgan fingerprint density at radius 1 is 1.10 bits per heavy atom. The van der Waals surface area contributed by atoms with Gasteiger partial charge in [0, 0.05) is 30.7 Å². The molecule has 1 amide bonds. The van der Waals surface area contributed by atoms with Gasteiger partial charge in [0.15, 0.2) is 11.5 Å². The van der Waals surface area contributed by atoms with Gasteiger partial charge in [0.1, 0.15) is 5.82 Å². The number of carbonyl (C=O) groups excluding carboxylic acids is 1. The first-order chi connectivity index (χ1) is 14.2. The number of anilines is 1. The molecule has 1 aromatic heterocycles. The second-order valence-electron chi connectivity index (χ2n) is 8.46. The zero-order valence-electron chi connectivity index (χ0n) is 16.2. The van der Waals surface area contributed by atoms with Gasteiger partial charge in [0.25, 0.3) is 5.91 Å². The number of pyridine rings is 1. The van der Waals surface area contributed by atoms with Crippen molar-refractivity contribution in [3.05, 3.63) is 47.7 Å². The van der Waals surface area contributed by atoms with Crippen LogP contribution in [-0.4, -0.2) is 54.3 Å². The van der Waals surface area contributed by atoms with E-state index in [1.807, 2.05) is 6.07 Å². The van der Waals surface area contributed by atoms with Crippen molar-refractivity contribution >= 4 is 11.7 Å². The molecule has 0 aliphatic carbocycles. The van der Waals surface area contributed by atoms with Gasteiger partial charge in [-0.3, -0.25) is 9.69 Å². The van der Waals surface area contributed by atoms with Crippen molar-refractivity contribution in [2.45, 2.75) is 30.8 Å². The van der Waals surface area contributed by atoms with Crippen LogP contribution in [0.5, 0.6) is 11.5 Å². The Morgan fingerprint density at radius 2 is 1.93 bits per heavy atom. The lowest BCUT2D eigenvalue weighted by Gasteiger charge is -2.51. The number of nitrogens with zero attached hydrogens (tertiary/aromatic N) is 3. The summed E-state index contributed by atoms with van der Waals surface area (Å²) in [6.45, 7) is 3.39. The zero-order valence-corrected chi connectivity index (χ0v) is 16.2. The summed E-state index contributed by atoms with van der Waals surface area (Å²) in [5.74, 6) is 2.88. The van der Waals surface area contributed by atoms with E-state index < -0.39 is 5.91 Å². The van der Waals surface area contributed by atoms with Gasteiger partial charge in [0.05, 0.1) is 5.56 Å². The van der Waals surface area contributed by atoms with Gasteiger partial charge in [-0.1, -0.05) is 6.07 Å². The number of primary amides is 1. The normalized spacial score (nSPS) is 31.7. The molecule has 7 heteroatoms. The van der Waals surface area contributed by atoms with E-state index in [2.05, 4.69) is 26.9 Å². The third kappa shape index (κ3) is 2.53. The first-order valence-electron chi connectivity index (χ1n) is 10.4. The summed E-state index contributed by atoms with van der Waals surface area (Å²) >= 11 is 0. The standard InChI is InChI=1S/C22H24N4O3/c23-21(27)15-2-1-7-24-22(15)26-11-16(14-3-4-17-18(10-14)29-12-28-17)20-19(26)13-5-8-25(20)9-6-13/h1-4,7,10,13,16,19-20H,5-6,8-9,11-12H2,(H2,23,27)/t16-,19+,20+/m0/s1. The summed E-state index contributed by atoms with van der Waals surface area (Å²) in [5.41, 5.74) is 7.46. The van der Waals surface area contributed by atoms with Crippen molar-refractivity contribution in [3.8, 4) is 11.5 Å². The number of carbonyl (C=O) groups is 1. The average molecular weight is 392 g/mol. The lowest BCUT2D eigenvalue weighted by Crippen LogP contribution is -2.60. The molecule has 29 heavy (non-hydrogen) atoms. The molecule has 3 atom stereocenters. The fraction of sp³-hybridized carbons (Fsp3) is 0.455. The van der Waals surface area contributed by atoms with Crippen molar-refractivity contribution in [2.75, 3.05) is 31.3 Å². The Kier molecular flexibility index (Phi) is 3.74. The average Bonchev–Trinajstić information content (AvgIpc) is 3.40. The monoisotopic (exact) mass is 392 g/mol. The topological polar surface area (TPSA) is 80.9 Å². The minimum Gasteiger partial charge on any atom is -0.454 e. The quantitative estimate of drug-likeness (QED) is 0.860. The van der Waals surface area contributed by atoms with Crippen LogP contribution in [0.3, 0.4) is 0 Å². The molecule has 1 aromatic carbocycles. The fourth-order valence-electron chi connectivity index (χ4n) is 5.92. The molecule has 5 aliphatic rings. The van der Waals surface area contributed by atoms with Crippen LogP contribution in [0.25, 0.3) is 0 Å². The summed E-state index contributed by atoms with van der Waals surface area (Å²) in [4.78, 5) is 21.7. The Hall–Kier alpha value is -2.80. The van der Waals surface area contributed by atoms with Crippen molar-refractivity contribution < 1.29 is 14.3 Å². The Bertz CT molecular complexity index is 972. The lowest BCUT2D eigenvalue weighted by molar-refractivity contribution is 0.0354. The maximum Gasteiger partial charge on any atom is 0.252 e. The summed E-state index contributed by atoms with van der Waals surface area (Å²) < 4.78 is 11.1. The number of hydrogen-bond acceptors (Lipinski definition) is 6. The van der Waals surface area contributed by atoms with E-state index in [-0.39, 0.29) is 6.79 Å². The number of rotatable bonds is 3. The number of benzene rings is 1. The van der Waals surface area contributed by atoms with Gasteiger partial charge < -0.3 is 20.1 Å². The predicted molar refractivity (Wildman–Crippen MR) is 107 cm³/mol. The van der Waals surface area contributed by atoms with Gasteiger partial charge in [0.2, 0.25) is 6.79 Å². The maximum absolute atomic E-state index is 12.1. The number of aromatic nitrogens is 1. The third-order valence-electron chi connectivity index (χ3n) is 7.14. The SMILES string of the molecule is NC(=O)c1cccnc1N1C[C@@H](c2ccc3c(c2)OCO3)[C@@H]2[C@H]1C1CCN2CC1. The number of amides is 1. The second-order valence-corrected chi connectivity index (χ2v) is 8.46. The van der Waals surface area contributed by atoms with Gasteiger partial charge in [-0.05, 0) is 61.7 Å². The van der Waals surface area contributed by atoms with E-state index in [0.717, 1.165) is 37.0 Å². The minimum absolute atomic E-state index is 0.283. The van der Waals surface area contributed by atoms with E-state index in [1.54, 1.807) is 18.3 Å². The Balaban J connectivity index is 1.44. The van der Waals surface area contributed by atoms with E-state index in [9.17, 15) is 4.79 Å². The zero-order chi connectivity index (χ0) is 19.5. The summed E-state index contributed by atoms with van der Waals surface area (Å²) in [7, 11) is 0. The highest BCUT2D eigenvalue weighted by molar-refractivity contribution is 5.97. The van der Waals surface area contributed by atoms with Crippen LogP contribution in [0.2, 0.25) is 0 Å². The fourth-order valence-corrected chi connectivity index (χ4v) is 5.92. The molecular weight excluding hydrogens is 368 g/mol. The van der Waals surface area contributed by atoms with Gasteiger partial charge in [-0.25, -0.2) is 4.98 Å². The summed E-state index contributed by atoms with van der Waals surface area (Å²) in [6, 6.07) is 10.6. The molecule has 150 valence electrons. The van der Waals surface area contributed by atoms with Crippen molar-refractivity contribution in [2.24, 2.45) is 11.7 Å². The Labute approximate surface area is 169 Å². The molecule has 0 radical (unpaired) electrons. The van der Waals surface area contributed by atoms with Gasteiger partial charge in [-0.2, -0.15) is 0 Å². The number of hydrogen-bond donors (Lipinski definition) is 1. The molecule has 7 nitrogen and oxygen atoms in total. The summed E-state index contributed by atoms with van der Waals surface area (Å²) in [6.07, 6.45) is 4.15. The second kappa shape index (κ2) is 6.35. The highest BCUT2D eigenvalue weighted by Gasteiger charge is 2.54.